The third-order valence-electron chi connectivity index (χ3n) is 4.41. The van der Waals surface area contributed by atoms with E-state index in [1.807, 2.05) is 30.5 Å². The lowest BCUT2D eigenvalue weighted by Gasteiger charge is -2.39. The van der Waals surface area contributed by atoms with Gasteiger partial charge < -0.3 is 10.2 Å². The Kier molecular flexibility index (Phi) is 4.76. The summed E-state index contributed by atoms with van der Waals surface area (Å²) in [6.45, 7) is 4.55. The lowest BCUT2D eigenvalue weighted by Crippen LogP contribution is -2.58. The Morgan fingerprint density at radius 2 is 2.11 bits per heavy atom. The van der Waals surface area contributed by atoms with E-state index in [0.717, 1.165) is 12.2 Å². The first-order chi connectivity index (χ1) is 9.13. The van der Waals surface area contributed by atoms with Crippen LogP contribution in [0, 0.1) is 0 Å². The van der Waals surface area contributed by atoms with Crippen molar-refractivity contribution >= 4 is 23.6 Å². The smallest absolute Gasteiger partial charge is 0.248 e. The first-order valence-corrected chi connectivity index (χ1v) is 8.48. The molecule has 2 aliphatic rings. The van der Waals surface area contributed by atoms with Gasteiger partial charge >= 0.3 is 0 Å². The molecule has 0 saturated carbocycles. The lowest BCUT2D eigenvalue weighted by molar-refractivity contribution is -0.141. The van der Waals surface area contributed by atoms with E-state index < -0.39 is 5.54 Å². The molecule has 1 atom stereocenters. The van der Waals surface area contributed by atoms with Gasteiger partial charge in [-0.15, -0.1) is 0 Å². The van der Waals surface area contributed by atoms with Gasteiger partial charge in [0.2, 0.25) is 11.8 Å². The number of rotatable bonds is 3. The van der Waals surface area contributed by atoms with Crippen LogP contribution < -0.4 is 5.32 Å². The van der Waals surface area contributed by atoms with Gasteiger partial charge in [0, 0.05) is 24.8 Å². The van der Waals surface area contributed by atoms with Crippen molar-refractivity contribution in [3.63, 3.8) is 0 Å². The molecule has 4 nitrogen and oxygen atoms in total. The molecule has 108 valence electrons. The maximum Gasteiger partial charge on any atom is 0.248 e. The van der Waals surface area contributed by atoms with Crippen molar-refractivity contribution in [2.24, 2.45) is 0 Å². The summed E-state index contributed by atoms with van der Waals surface area (Å²) >= 11 is 1.92. The van der Waals surface area contributed by atoms with Gasteiger partial charge in [0.1, 0.15) is 5.54 Å². The standard InChI is InChI=1S/C14H24N2O2S/c1-3-14(4-2)13(18)16(8-7-12(17)15-14)11-6-5-9-19-10-11/h11H,3-10H2,1-2H3,(H,15,17). The summed E-state index contributed by atoms with van der Waals surface area (Å²) in [4.78, 5) is 26.8. The molecule has 2 heterocycles. The van der Waals surface area contributed by atoms with Gasteiger partial charge in [0.15, 0.2) is 0 Å². The number of carbonyl (C=O) groups excluding carboxylic acids is 2. The molecule has 2 aliphatic heterocycles. The largest absolute Gasteiger partial charge is 0.342 e. The maximum atomic E-state index is 12.9. The van der Waals surface area contributed by atoms with E-state index in [-0.39, 0.29) is 11.8 Å². The Morgan fingerprint density at radius 3 is 2.68 bits per heavy atom. The van der Waals surface area contributed by atoms with E-state index >= 15 is 0 Å². The van der Waals surface area contributed by atoms with E-state index in [1.54, 1.807) is 0 Å². The fourth-order valence-corrected chi connectivity index (χ4v) is 4.18. The Hall–Kier alpha value is -0.710. The molecule has 2 saturated heterocycles. The van der Waals surface area contributed by atoms with Crippen LogP contribution in [0.2, 0.25) is 0 Å². The summed E-state index contributed by atoms with van der Waals surface area (Å²) in [5.41, 5.74) is -0.671. The molecule has 0 aromatic carbocycles. The molecule has 2 rings (SSSR count). The zero-order valence-corrected chi connectivity index (χ0v) is 12.7. The highest BCUT2D eigenvalue weighted by atomic mass is 32.2. The lowest BCUT2D eigenvalue weighted by atomic mass is 9.90. The second kappa shape index (κ2) is 6.16. The van der Waals surface area contributed by atoms with Gasteiger partial charge in [-0.1, -0.05) is 13.8 Å². The molecule has 19 heavy (non-hydrogen) atoms. The fraction of sp³-hybridized carbons (Fsp3) is 0.857. The number of hydrogen-bond donors (Lipinski definition) is 1. The highest BCUT2D eigenvalue weighted by molar-refractivity contribution is 7.99. The Morgan fingerprint density at radius 1 is 1.37 bits per heavy atom. The number of nitrogens with one attached hydrogen (secondary N) is 1. The predicted octanol–water partition coefficient (Wildman–Crippen LogP) is 1.79. The van der Waals surface area contributed by atoms with Crippen LogP contribution in [0.25, 0.3) is 0 Å². The van der Waals surface area contributed by atoms with E-state index in [0.29, 0.717) is 31.8 Å². The van der Waals surface area contributed by atoms with Crippen LogP contribution in [-0.4, -0.2) is 46.3 Å². The normalized spacial score (nSPS) is 27.9. The molecule has 2 fully saturated rings. The van der Waals surface area contributed by atoms with Crippen molar-refractivity contribution in [2.75, 3.05) is 18.1 Å². The minimum absolute atomic E-state index is 0.0167. The third-order valence-corrected chi connectivity index (χ3v) is 5.61. The molecule has 2 amide bonds. The van der Waals surface area contributed by atoms with Crippen molar-refractivity contribution in [1.82, 2.24) is 10.2 Å². The topological polar surface area (TPSA) is 49.4 Å². The minimum atomic E-state index is -0.671. The Bertz CT molecular complexity index is 349. The Balaban J connectivity index is 2.22. The SMILES string of the molecule is CCC1(CC)NC(=O)CCN(C2CCCSC2)C1=O. The highest BCUT2D eigenvalue weighted by Gasteiger charge is 2.43. The molecule has 0 aliphatic carbocycles. The quantitative estimate of drug-likeness (QED) is 0.859. The zero-order valence-electron chi connectivity index (χ0n) is 11.9. The summed E-state index contributed by atoms with van der Waals surface area (Å²) in [5.74, 6) is 2.37. The molecule has 1 N–H and O–H groups in total. The van der Waals surface area contributed by atoms with Gasteiger partial charge in [-0.3, -0.25) is 9.59 Å². The molecule has 0 bridgehead atoms. The van der Waals surface area contributed by atoms with Gasteiger partial charge in [0.05, 0.1) is 0 Å². The van der Waals surface area contributed by atoms with Crippen LogP contribution in [0.5, 0.6) is 0 Å². The number of hydrogen-bond acceptors (Lipinski definition) is 3. The third kappa shape index (κ3) is 2.91. The van der Waals surface area contributed by atoms with E-state index in [1.165, 1.54) is 12.2 Å². The number of nitrogens with zero attached hydrogens (tertiary/aromatic N) is 1. The number of thioether (sulfide) groups is 1. The number of carbonyl (C=O) groups is 2. The molecule has 0 aromatic heterocycles. The monoisotopic (exact) mass is 284 g/mol. The molecule has 5 heteroatoms. The number of amides is 2. The summed E-state index contributed by atoms with van der Waals surface area (Å²) in [7, 11) is 0. The first-order valence-electron chi connectivity index (χ1n) is 7.33. The van der Waals surface area contributed by atoms with Gasteiger partial charge in [-0.05, 0) is 31.4 Å². The molecular formula is C14H24N2O2S. The van der Waals surface area contributed by atoms with Crippen molar-refractivity contribution < 1.29 is 9.59 Å². The summed E-state index contributed by atoms with van der Waals surface area (Å²) < 4.78 is 0. The maximum absolute atomic E-state index is 12.9. The van der Waals surface area contributed by atoms with Crippen molar-refractivity contribution in [1.29, 1.82) is 0 Å². The average molecular weight is 284 g/mol. The van der Waals surface area contributed by atoms with E-state index in [4.69, 9.17) is 0 Å². The molecule has 0 aromatic rings. The molecule has 0 spiro atoms. The summed E-state index contributed by atoms with van der Waals surface area (Å²) in [5, 5.41) is 2.97. The van der Waals surface area contributed by atoms with Gasteiger partial charge in [-0.25, -0.2) is 0 Å². The van der Waals surface area contributed by atoms with Crippen LogP contribution in [-0.2, 0) is 9.59 Å². The summed E-state index contributed by atoms with van der Waals surface area (Å²) in [6, 6.07) is 0.316. The molecule has 1 unspecified atom stereocenters. The van der Waals surface area contributed by atoms with Crippen LogP contribution in [0.1, 0.15) is 46.0 Å². The second-order valence-corrected chi connectivity index (χ2v) is 6.61. The van der Waals surface area contributed by atoms with Gasteiger partial charge in [0.25, 0.3) is 0 Å². The highest BCUT2D eigenvalue weighted by Crippen LogP contribution is 2.28. The van der Waals surface area contributed by atoms with Crippen LogP contribution in [0.4, 0.5) is 0 Å². The summed E-state index contributed by atoms with van der Waals surface area (Å²) in [6.07, 6.45) is 4.03. The Labute approximate surface area is 119 Å². The van der Waals surface area contributed by atoms with E-state index in [2.05, 4.69) is 5.32 Å². The van der Waals surface area contributed by atoms with Crippen molar-refractivity contribution in [2.45, 2.75) is 57.5 Å². The molecule has 0 radical (unpaired) electrons. The van der Waals surface area contributed by atoms with Crippen LogP contribution >= 0.6 is 11.8 Å². The average Bonchev–Trinajstić information content (AvgIpc) is 2.57. The van der Waals surface area contributed by atoms with Crippen molar-refractivity contribution in [3.8, 4) is 0 Å². The fourth-order valence-electron chi connectivity index (χ4n) is 3.03. The zero-order chi connectivity index (χ0) is 13.9. The predicted molar refractivity (Wildman–Crippen MR) is 78.1 cm³/mol. The van der Waals surface area contributed by atoms with Crippen LogP contribution in [0.15, 0.2) is 0 Å². The molecular weight excluding hydrogens is 260 g/mol. The minimum Gasteiger partial charge on any atom is -0.342 e. The van der Waals surface area contributed by atoms with Crippen molar-refractivity contribution in [3.05, 3.63) is 0 Å². The van der Waals surface area contributed by atoms with Crippen LogP contribution in [0.3, 0.4) is 0 Å². The second-order valence-electron chi connectivity index (χ2n) is 5.46. The first kappa shape index (κ1) is 14.7. The van der Waals surface area contributed by atoms with Gasteiger partial charge in [-0.2, -0.15) is 11.8 Å². The van der Waals surface area contributed by atoms with E-state index in [9.17, 15) is 9.59 Å².